The second kappa shape index (κ2) is 35.0. The standard InChI is InChI=1S/C23H24N3.C19H16N3.C18H13FN3.C18H14N3.4Ir/c1-15(2)19-8-7-9-20(16(3)4)22(19)26-13-12-25-23(26)18-11-10-17(5)21(14-18)24-6;1-13-8-9-16(12-17(13)20-4)19-21-10-11-22(19)18-14(2)6-5-7-15(18)3;1-12-5-4-6-13(2)17(12)22-10-9-21-18(22)14-7-8-15(19)16(11-14)20-3;1-13-6-4-7-14(2)17(13)21-11-10-20-18(21)15-8-5-9-16(12-15)19-3;;;;/h7-10,12-16H,1-5H3;5-8,10-12H,1-3H3;4-6,8-11H,1-2H3;4-7,9-12H,1-2H3;;;;/q4*-1;;;;/i1D3,3D3,12D,13D,15D,16D;1D3,10D,11D;1D3,2D3,9D,10D;10D,11D;;;;. The van der Waals surface area contributed by atoms with E-state index in [9.17, 15) is 4.39 Å². The van der Waals surface area contributed by atoms with E-state index in [2.05, 4.69) is 63.6 Å². The smallest absolute Gasteiger partial charge is 0.142 e. The normalized spacial score (nSPS) is 15.9. The van der Waals surface area contributed by atoms with Crippen molar-refractivity contribution in [2.24, 2.45) is 0 Å². The quantitative estimate of drug-likeness (QED) is 0.128. The third kappa shape index (κ3) is 17.3. The van der Waals surface area contributed by atoms with Gasteiger partial charge in [-0.1, -0.05) is 114 Å². The number of hydrogen-bond acceptors (Lipinski definition) is 4. The summed E-state index contributed by atoms with van der Waals surface area (Å²) in [6.07, 6.45) is -2.46. The Morgan fingerprint density at radius 1 is 0.432 bits per heavy atom. The number of imidazole rings is 4. The van der Waals surface area contributed by atoms with Crippen LogP contribution in [-0.2, 0) is 80.4 Å². The molecule has 0 N–H and O–H groups in total. The minimum absolute atomic E-state index is 0. The molecule has 2 unspecified atom stereocenters. The molecule has 0 bridgehead atoms. The molecule has 4 heterocycles. The largest absolute Gasteiger partial charge is 0.340 e. The number of para-hydroxylation sites is 4. The molecular formula is C78H67FIr4N12-4. The molecule has 0 amide bonds. The van der Waals surface area contributed by atoms with Gasteiger partial charge in [0.2, 0.25) is 0 Å². The molecule has 486 valence electrons. The molecule has 2 atom stereocenters. The molecule has 95 heavy (non-hydrogen) atoms. The summed E-state index contributed by atoms with van der Waals surface area (Å²) in [5, 5.41) is 0. The molecule has 0 aliphatic heterocycles. The molecule has 0 spiro atoms. The summed E-state index contributed by atoms with van der Waals surface area (Å²) in [6.45, 7) is 27.1. The minimum atomic E-state index is -2.86. The van der Waals surface area contributed by atoms with Gasteiger partial charge < -0.3 is 18.3 Å². The molecule has 17 heteroatoms. The van der Waals surface area contributed by atoms with E-state index in [0.29, 0.717) is 28.2 Å². The predicted octanol–water partition coefficient (Wildman–Crippen LogP) is 20.4. The van der Waals surface area contributed by atoms with E-state index < -0.39 is 76.6 Å². The van der Waals surface area contributed by atoms with Crippen LogP contribution in [0.2, 0.25) is 0 Å². The maximum atomic E-state index is 13.7. The Labute approximate surface area is 647 Å². The summed E-state index contributed by atoms with van der Waals surface area (Å²) in [5.41, 5.74) is 5.96. The van der Waals surface area contributed by atoms with Gasteiger partial charge >= 0.3 is 0 Å². The van der Waals surface area contributed by atoms with Crippen LogP contribution >= 0.6 is 0 Å². The van der Waals surface area contributed by atoms with Crippen molar-refractivity contribution in [2.75, 3.05) is 0 Å². The van der Waals surface area contributed by atoms with Crippen LogP contribution in [0.25, 0.3) is 87.7 Å². The third-order valence-electron chi connectivity index (χ3n) is 14.0. The van der Waals surface area contributed by atoms with E-state index in [1.807, 2.05) is 64.1 Å². The van der Waals surface area contributed by atoms with Gasteiger partial charge in [-0.25, -0.2) is 0 Å². The van der Waals surface area contributed by atoms with Crippen LogP contribution in [0.5, 0.6) is 0 Å². The summed E-state index contributed by atoms with van der Waals surface area (Å²) in [4.78, 5) is 29.7. The Bertz CT molecular complexity index is 5890. The zero-order valence-electron chi connectivity index (χ0n) is 76.2. The Morgan fingerprint density at radius 3 is 1.18 bits per heavy atom. The fourth-order valence-electron chi connectivity index (χ4n) is 9.62. The first-order valence-electron chi connectivity index (χ1n) is 39.9. The van der Waals surface area contributed by atoms with Gasteiger partial charge in [0.15, 0.2) is 0 Å². The van der Waals surface area contributed by atoms with Gasteiger partial charge in [-0.05, 0) is 97.7 Å². The first kappa shape index (κ1) is 47.1. The zero-order valence-corrected chi connectivity index (χ0v) is 60.8. The van der Waals surface area contributed by atoms with Crippen molar-refractivity contribution in [2.45, 2.75) is 94.5 Å². The summed E-state index contributed by atoms with van der Waals surface area (Å²) in [5.74, 6) is -4.92. The second-order valence-corrected chi connectivity index (χ2v) is 20.2. The van der Waals surface area contributed by atoms with Crippen molar-refractivity contribution in [3.63, 3.8) is 0 Å². The number of aryl methyl sites for hydroxylation is 8. The van der Waals surface area contributed by atoms with Crippen LogP contribution in [0.4, 0.5) is 27.1 Å². The Hall–Kier alpha value is -8.91. The Kier molecular flexibility index (Phi) is 17.3. The molecular weight excluding hydrogens is 1890 g/mol. The van der Waals surface area contributed by atoms with Crippen LogP contribution in [0, 0.1) is 112 Å². The van der Waals surface area contributed by atoms with E-state index in [-0.39, 0.29) is 190 Å². The predicted molar refractivity (Wildman–Crippen MR) is 362 cm³/mol. The third-order valence-corrected chi connectivity index (χ3v) is 14.0. The van der Waals surface area contributed by atoms with E-state index >= 15 is 0 Å². The van der Waals surface area contributed by atoms with Gasteiger partial charge in [0.25, 0.3) is 0 Å². The first-order chi connectivity index (χ1) is 53.9. The number of nitrogens with zero attached hydrogens (tertiary/aromatic N) is 12. The maximum Gasteiger partial charge on any atom is 0.142 e. The molecule has 8 aromatic carbocycles. The minimum Gasteiger partial charge on any atom is -0.340 e. The first-order valence-corrected chi connectivity index (χ1v) is 27.4. The molecule has 0 fully saturated rings. The van der Waals surface area contributed by atoms with Crippen molar-refractivity contribution in [3.8, 4) is 68.3 Å². The summed E-state index contributed by atoms with van der Waals surface area (Å²) in [6, 6.07) is 43.4. The van der Waals surface area contributed by atoms with Crippen molar-refractivity contribution in [1.82, 2.24) is 38.2 Å². The van der Waals surface area contributed by atoms with E-state index in [1.165, 1.54) is 60.7 Å². The molecule has 4 aromatic heterocycles. The van der Waals surface area contributed by atoms with Gasteiger partial charge in [-0.15, -0.1) is 94.0 Å². The molecule has 4 radical (unpaired) electrons. The number of aromatic nitrogens is 8. The monoisotopic (exact) mass is 1990 g/mol. The van der Waals surface area contributed by atoms with Gasteiger partial charge in [0.05, 0.1) is 60.6 Å². The number of halogens is 1. The van der Waals surface area contributed by atoms with E-state index in [1.54, 1.807) is 34.3 Å². The summed E-state index contributed by atoms with van der Waals surface area (Å²) < 4.78 is 219. The van der Waals surface area contributed by atoms with E-state index in [0.717, 1.165) is 68.7 Å². The molecule has 0 saturated heterocycles. The maximum absolute atomic E-state index is 13.7. The average Bonchev–Trinajstić information content (AvgIpc) is 1.38. The van der Waals surface area contributed by atoms with Gasteiger partial charge in [-0.2, -0.15) is 18.2 Å². The van der Waals surface area contributed by atoms with Crippen LogP contribution in [0.1, 0.15) is 129 Å². The van der Waals surface area contributed by atoms with Gasteiger partial charge in [0, 0.05) is 182 Å². The van der Waals surface area contributed by atoms with Crippen LogP contribution in [-0.4, -0.2) is 38.2 Å². The molecule has 0 aliphatic rings. The Balaban J connectivity index is 0.000000285. The van der Waals surface area contributed by atoms with Gasteiger partial charge in [-0.3, -0.25) is 43.7 Å². The second-order valence-electron chi connectivity index (χ2n) is 20.2. The Morgan fingerprint density at radius 2 is 0.779 bits per heavy atom. The average molecular weight is 1990 g/mol. The molecule has 0 aliphatic carbocycles. The van der Waals surface area contributed by atoms with Crippen LogP contribution in [0.15, 0.2) is 177 Å². The van der Waals surface area contributed by atoms with E-state index in [4.69, 9.17) is 60.6 Å². The summed E-state index contributed by atoms with van der Waals surface area (Å²) >= 11 is 0. The van der Waals surface area contributed by atoms with Crippen LogP contribution < -0.4 is 0 Å². The fraction of sp³-hybridized carbons (Fsp3) is 0.179. The fourth-order valence-corrected chi connectivity index (χ4v) is 9.62. The number of benzene rings is 8. The molecule has 0 saturated carbocycles. The zero-order chi connectivity index (χ0) is 86.4. The molecule has 12 rings (SSSR count). The SMILES string of the molecule is [2H]c1nc(-c2[c-]cc(C([2H])([2H])[2H])c([N+]#[C-])c2)n(-c2c(C)cccc2C)c1[2H].[2H]c1nc(-c2[c-]cc(C)c([N+]#[C-])c2)n(-c2c(C([2H])(C)C([2H])([2H])[2H])cccc2C([2H])(C)C([2H])([2H])[2H])c1[2H].[2H]c1nc(-c2[c-]cc(F)c([N+]#[C-])c2)n(-c2c(C([2H])([2H])[2H])cccc2C([2H])([2H])[2H])c1[2H].[2H]c1nc(-c2[c-]ccc([N+]#[C-])c2)n(-c2c(C)cccc2C)c1[2H].[Ir].[Ir].[Ir].[Ir]. The van der Waals surface area contributed by atoms with Gasteiger partial charge in [0.1, 0.15) is 22.7 Å². The van der Waals surface area contributed by atoms with Crippen molar-refractivity contribution in [3.05, 3.63) is 308 Å². The van der Waals surface area contributed by atoms with Crippen molar-refractivity contribution >= 4 is 22.7 Å². The topological polar surface area (TPSA) is 88.7 Å². The molecule has 12 aromatic rings. The van der Waals surface area contributed by atoms with Crippen LogP contribution in [0.3, 0.4) is 0 Å². The van der Waals surface area contributed by atoms with Crippen molar-refractivity contribution < 1.29 is 119 Å². The number of rotatable bonds is 10. The van der Waals surface area contributed by atoms with Crippen molar-refractivity contribution in [1.29, 1.82) is 0 Å². The molecule has 12 nitrogen and oxygen atoms in total. The summed E-state index contributed by atoms with van der Waals surface area (Å²) in [7, 11) is 0. The number of hydrogen-bond donors (Lipinski definition) is 0.